The van der Waals surface area contributed by atoms with Gasteiger partial charge in [-0.2, -0.15) is 0 Å². The Hall–Kier alpha value is -0.770. The van der Waals surface area contributed by atoms with Crippen LogP contribution in [0.4, 0.5) is 0 Å². The van der Waals surface area contributed by atoms with Crippen molar-refractivity contribution in [2.75, 3.05) is 0 Å². The minimum absolute atomic E-state index is 0.0431. The summed E-state index contributed by atoms with van der Waals surface area (Å²) in [6.45, 7) is 3.51. The lowest BCUT2D eigenvalue weighted by Crippen LogP contribution is -1.79. The van der Waals surface area contributed by atoms with Gasteiger partial charge in [-0.1, -0.05) is 12.8 Å². The summed E-state index contributed by atoms with van der Waals surface area (Å²) in [6, 6.07) is 0. The van der Waals surface area contributed by atoms with Crippen LogP contribution in [0.25, 0.3) is 0 Å². The molecule has 0 radical (unpaired) electrons. The molecule has 1 heteroatoms. The Labute approximate surface area is 50.1 Å². The Morgan fingerprint density at radius 1 is 1.62 bits per heavy atom. The molecule has 1 nitrogen and oxygen atoms in total. The molecule has 0 saturated heterocycles. The van der Waals surface area contributed by atoms with E-state index in [4.69, 9.17) is 0 Å². The van der Waals surface area contributed by atoms with E-state index >= 15 is 0 Å². The molecule has 0 spiro atoms. The Morgan fingerprint density at radius 2 is 2.25 bits per heavy atom. The van der Waals surface area contributed by atoms with Crippen molar-refractivity contribution in [2.24, 2.45) is 0 Å². The van der Waals surface area contributed by atoms with E-state index in [1.165, 1.54) is 6.92 Å². The smallest absolute Gasteiger partial charge is 0.202 e. The number of carbonyl (C=O) groups excluding carboxylic acids is 1. The zero-order valence-electron chi connectivity index (χ0n) is 5.32. The molecule has 0 aliphatic carbocycles. The summed E-state index contributed by atoms with van der Waals surface area (Å²) in [5.41, 5.74) is 0. The molecule has 0 rings (SSSR count). The summed E-state index contributed by atoms with van der Waals surface area (Å²) in [5.74, 6) is 5.15. The van der Waals surface area contributed by atoms with E-state index in [-0.39, 0.29) is 5.78 Å². The Bertz CT molecular complexity index is 125. The Kier molecular flexibility index (Phi) is 3.97. The lowest BCUT2D eigenvalue weighted by Gasteiger charge is -1.74. The van der Waals surface area contributed by atoms with E-state index in [1.807, 2.05) is 6.92 Å². The highest BCUT2D eigenvalue weighted by Gasteiger charge is 1.76. The van der Waals surface area contributed by atoms with Crippen molar-refractivity contribution in [1.82, 2.24) is 0 Å². The lowest BCUT2D eigenvalue weighted by molar-refractivity contribution is -0.111. The van der Waals surface area contributed by atoms with Crippen molar-refractivity contribution < 1.29 is 4.79 Å². The van der Waals surface area contributed by atoms with Crippen molar-refractivity contribution in [2.45, 2.75) is 26.7 Å². The molecular weight excluding hydrogens is 100 g/mol. The first-order chi connectivity index (χ1) is 3.77. The van der Waals surface area contributed by atoms with Gasteiger partial charge in [-0.15, -0.1) is 0 Å². The van der Waals surface area contributed by atoms with Crippen molar-refractivity contribution in [3.05, 3.63) is 0 Å². The second-order valence-electron chi connectivity index (χ2n) is 1.61. The van der Waals surface area contributed by atoms with Gasteiger partial charge in [0.15, 0.2) is 0 Å². The quantitative estimate of drug-likeness (QED) is 0.368. The van der Waals surface area contributed by atoms with Gasteiger partial charge in [0.1, 0.15) is 0 Å². The van der Waals surface area contributed by atoms with Gasteiger partial charge in [0.05, 0.1) is 0 Å². The third-order valence-corrected chi connectivity index (χ3v) is 0.639. The Morgan fingerprint density at radius 3 is 2.62 bits per heavy atom. The highest BCUT2D eigenvalue weighted by atomic mass is 16.1. The summed E-state index contributed by atoms with van der Waals surface area (Å²) in [6.07, 6.45) is 1.86. The fourth-order valence-corrected chi connectivity index (χ4v) is 0.312. The van der Waals surface area contributed by atoms with E-state index in [9.17, 15) is 4.79 Å². The van der Waals surface area contributed by atoms with Gasteiger partial charge in [-0.05, 0) is 12.3 Å². The number of Topliss-reactive ketones (excluding diaryl/α,β-unsaturated/α-hetero) is 1. The van der Waals surface area contributed by atoms with Crippen LogP contribution in [-0.4, -0.2) is 5.78 Å². The molecule has 0 unspecified atom stereocenters. The molecule has 8 heavy (non-hydrogen) atoms. The zero-order valence-corrected chi connectivity index (χ0v) is 5.32. The predicted molar refractivity (Wildman–Crippen MR) is 33.4 cm³/mol. The number of hydrogen-bond donors (Lipinski definition) is 0. The molecule has 0 heterocycles. The van der Waals surface area contributed by atoms with Gasteiger partial charge < -0.3 is 0 Å². The summed E-state index contributed by atoms with van der Waals surface area (Å²) in [5, 5.41) is 0. The summed E-state index contributed by atoms with van der Waals surface area (Å²) < 4.78 is 0. The number of rotatable bonds is 1. The van der Waals surface area contributed by atoms with Crippen molar-refractivity contribution in [3.63, 3.8) is 0 Å². The Balaban J connectivity index is 3.35. The van der Waals surface area contributed by atoms with Crippen LogP contribution in [-0.2, 0) is 4.79 Å². The van der Waals surface area contributed by atoms with E-state index in [0.717, 1.165) is 12.8 Å². The minimum Gasteiger partial charge on any atom is -0.285 e. The van der Waals surface area contributed by atoms with Crippen LogP contribution in [0.1, 0.15) is 26.7 Å². The summed E-state index contributed by atoms with van der Waals surface area (Å²) >= 11 is 0. The van der Waals surface area contributed by atoms with Crippen LogP contribution in [0.15, 0.2) is 0 Å². The molecular formula is C7H10O. The lowest BCUT2D eigenvalue weighted by atomic mass is 10.3. The van der Waals surface area contributed by atoms with Crippen molar-refractivity contribution >= 4 is 5.78 Å². The van der Waals surface area contributed by atoms with Crippen molar-refractivity contribution in [1.29, 1.82) is 0 Å². The number of unbranched alkanes of at least 4 members (excludes halogenated alkanes) is 1. The zero-order chi connectivity index (χ0) is 6.41. The van der Waals surface area contributed by atoms with Gasteiger partial charge >= 0.3 is 0 Å². The first-order valence-corrected chi connectivity index (χ1v) is 2.76. The highest BCUT2D eigenvalue weighted by Crippen LogP contribution is 1.80. The van der Waals surface area contributed by atoms with Crippen LogP contribution in [0.2, 0.25) is 0 Å². The third-order valence-electron chi connectivity index (χ3n) is 0.639. The van der Waals surface area contributed by atoms with Crippen LogP contribution in [0.5, 0.6) is 0 Å². The molecule has 0 amide bonds. The van der Waals surface area contributed by atoms with Gasteiger partial charge in [-0.25, -0.2) is 0 Å². The van der Waals surface area contributed by atoms with E-state index in [0.29, 0.717) is 0 Å². The first kappa shape index (κ1) is 7.23. The maximum absolute atomic E-state index is 10.1. The van der Waals surface area contributed by atoms with E-state index < -0.39 is 0 Å². The maximum Gasteiger partial charge on any atom is 0.202 e. The topological polar surface area (TPSA) is 17.1 Å². The summed E-state index contributed by atoms with van der Waals surface area (Å²) in [7, 11) is 0. The van der Waals surface area contributed by atoms with Gasteiger partial charge in [-0.3, -0.25) is 4.79 Å². The van der Waals surface area contributed by atoms with E-state index in [1.54, 1.807) is 0 Å². The van der Waals surface area contributed by atoms with Crippen LogP contribution in [0, 0.1) is 11.8 Å². The van der Waals surface area contributed by atoms with Gasteiger partial charge in [0.2, 0.25) is 5.78 Å². The molecule has 44 valence electrons. The molecule has 0 aliphatic rings. The normalized spacial score (nSPS) is 7.25. The first-order valence-electron chi connectivity index (χ1n) is 2.76. The maximum atomic E-state index is 10.1. The second kappa shape index (κ2) is 4.39. The SMILES string of the molecule is CCCC#CC(C)=O. The predicted octanol–water partition coefficient (Wildman–Crippen LogP) is 1.38. The number of ketones is 1. The number of hydrogen-bond acceptors (Lipinski definition) is 1. The molecule has 0 saturated carbocycles. The standard InChI is InChI=1S/C7H10O/c1-3-4-5-6-7(2)8/h3-4H2,1-2H3. The minimum atomic E-state index is -0.0431. The second-order valence-corrected chi connectivity index (χ2v) is 1.61. The van der Waals surface area contributed by atoms with Gasteiger partial charge in [0, 0.05) is 13.3 Å². The van der Waals surface area contributed by atoms with Crippen molar-refractivity contribution in [3.8, 4) is 11.8 Å². The molecule has 0 atom stereocenters. The molecule has 0 aromatic rings. The number of carbonyl (C=O) groups is 1. The fraction of sp³-hybridized carbons (Fsp3) is 0.571. The molecule has 0 aromatic carbocycles. The fourth-order valence-electron chi connectivity index (χ4n) is 0.312. The molecule has 0 N–H and O–H groups in total. The van der Waals surface area contributed by atoms with E-state index in [2.05, 4.69) is 11.8 Å². The molecule has 0 aromatic heterocycles. The third kappa shape index (κ3) is 5.23. The average molecular weight is 110 g/mol. The van der Waals surface area contributed by atoms with Crippen LogP contribution >= 0.6 is 0 Å². The van der Waals surface area contributed by atoms with Gasteiger partial charge in [0.25, 0.3) is 0 Å². The largest absolute Gasteiger partial charge is 0.285 e. The van der Waals surface area contributed by atoms with Crippen LogP contribution < -0.4 is 0 Å². The average Bonchev–Trinajstić information content (AvgIpc) is 1.66. The monoisotopic (exact) mass is 110 g/mol. The van der Waals surface area contributed by atoms with Crippen LogP contribution in [0.3, 0.4) is 0 Å². The molecule has 0 bridgehead atoms. The molecule has 0 fully saturated rings. The molecule has 0 aliphatic heterocycles. The highest BCUT2D eigenvalue weighted by molar-refractivity contribution is 5.93. The summed E-state index contributed by atoms with van der Waals surface area (Å²) in [4.78, 5) is 10.1.